The number of rotatable bonds is 4. The topological polar surface area (TPSA) is 9.23 Å². The fourth-order valence-electron chi connectivity index (χ4n) is 7.25. The minimum atomic E-state index is 0.475. The standard InChI is InChI=1S/C23H36O/c1-4-24-16-13-18-9-11-20-19-10-8-17-7-5-6-14-22(17,2)21(19)12-15-23(18,20)3/h5,7-8,18-21H,4,6,9-16H2,1-3H3/t18-,19+,20+,21+,22+,23-/m1/s1. The molecule has 4 aliphatic carbocycles. The molecule has 2 fully saturated rings. The van der Waals surface area contributed by atoms with Crippen molar-refractivity contribution in [2.75, 3.05) is 13.2 Å². The van der Waals surface area contributed by atoms with E-state index in [1.165, 1.54) is 51.4 Å². The van der Waals surface area contributed by atoms with Crippen molar-refractivity contribution < 1.29 is 4.74 Å². The summed E-state index contributed by atoms with van der Waals surface area (Å²) in [5.74, 6) is 3.75. The summed E-state index contributed by atoms with van der Waals surface area (Å²) in [6.07, 6.45) is 18.6. The van der Waals surface area contributed by atoms with E-state index in [9.17, 15) is 0 Å². The van der Waals surface area contributed by atoms with Crippen LogP contribution in [0.4, 0.5) is 0 Å². The van der Waals surface area contributed by atoms with Gasteiger partial charge in [0.2, 0.25) is 0 Å². The Bertz CT molecular complexity index is 532. The van der Waals surface area contributed by atoms with Gasteiger partial charge in [-0.1, -0.05) is 32.1 Å². The van der Waals surface area contributed by atoms with E-state index in [-0.39, 0.29) is 0 Å². The van der Waals surface area contributed by atoms with Gasteiger partial charge in [0.25, 0.3) is 0 Å². The van der Waals surface area contributed by atoms with E-state index < -0.39 is 0 Å². The van der Waals surface area contributed by atoms with Crippen LogP contribution in [0.2, 0.25) is 0 Å². The molecule has 0 saturated heterocycles. The van der Waals surface area contributed by atoms with E-state index in [0.29, 0.717) is 10.8 Å². The zero-order chi connectivity index (χ0) is 16.8. The number of ether oxygens (including phenoxy) is 1. The van der Waals surface area contributed by atoms with Crippen LogP contribution in [-0.2, 0) is 4.74 Å². The summed E-state index contributed by atoms with van der Waals surface area (Å²) in [4.78, 5) is 0. The number of allylic oxidation sites excluding steroid dienone is 4. The molecule has 0 spiro atoms. The van der Waals surface area contributed by atoms with Crippen LogP contribution in [0.25, 0.3) is 0 Å². The lowest BCUT2D eigenvalue weighted by Gasteiger charge is -2.57. The maximum absolute atomic E-state index is 5.70. The predicted octanol–water partition coefficient (Wildman–Crippen LogP) is 6.16. The molecule has 0 unspecified atom stereocenters. The maximum Gasteiger partial charge on any atom is 0.0468 e. The molecule has 1 heteroatoms. The first-order chi connectivity index (χ1) is 11.6. The van der Waals surface area contributed by atoms with Crippen molar-refractivity contribution in [1.29, 1.82) is 0 Å². The van der Waals surface area contributed by atoms with Gasteiger partial charge in [0, 0.05) is 13.2 Å². The van der Waals surface area contributed by atoms with Crippen LogP contribution in [0.3, 0.4) is 0 Å². The molecule has 134 valence electrons. The molecule has 0 heterocycles. The Morgan fingerprint density at radius 1 is 1.12 bits per heavy atom. The highest BCUT2D eigenvalue weighted by Crippen LogP contribution is 2.66. The Kier molecular flexibility index (Phi) is 4.44. The van der Waals surface area contributed by atoms with E-state index in [1.54, 1.807) is 5.57 Å². The fourth-order valence-corrected chi connectivity index (χ4v) is 7.25. The Balaban J connectivity index is 1.55. The molecule has 0 radical (unpaired) electrons. The zero-order valence-electron chi connectivity index (χ0n) is 16.0. The quantitative estimate of drug-likeness (QED) is 0.562. The van der Waals surface area contributed by atoms with Crippen molar-refractivity contribution in [2.24, 2.45) is 34.5 Å². The Hall–Kier alpha value is -0.560. The van der Waals surface area contributed by atoms with Crippen LogP contribution in [0, 0.1) is 34.5 Å². The molecule has 0 aromatic rings. The van der Waals surface area contributed by atoms with Crippen LogP contribution in [0.5, 0.6) is 0 Å². The minimum absolute atomic E-state index is 0.475. The predicted molar refractivity (Wildman–Crippen MR) is 101 cm³/mol. The van der Waals surface area contributed by atoms with Crippen molar-refractivity contribution in [3.05, 3.63) is 23.8 Å². The summed E-state index contributed by atoms with van der Waals surface area (Å²) in [6, 6.07) is 0. The van der Waals surface area contributed by atoms with Gasteiger partial charge < -0.3 is 4.74 Å². The van der Waals surface area contributed by atoms with Crippen LogP contribution in [-0.4, -0.2) is 13.2 Å². The lowest BCUT2D eigenvalue weighted by molar-refractivity contribution is -0.0404. The van der Waals surface area contributed by atoms with Crippen molar-refractivity contribution in [1.82, 2.24) is 0 Å². The summed E-state index contributed by atoms with van der Waals surface area (Å²) in [6.45, 7) is 9.19. The molecule has 0 aromatic heterocycles. The third kappa shape index (κ3) is 2.45. The second kappa shape index (κ2) is 6.31. The monoisotopic (exact) mass is 328 g/mol. The first-order valence-electron chi connectivity index (χ1n) is 10.5. The van der Waals surface area contributed by atoms with Crippen LogP contribution >= 0.6 is 0 Å². The fraction of sp³-hybridized carbons (Fsp3) is 0.826. The Morgan fingerprint density at radius 2 is 2.00 bits per heavy atom. The van der Waals surface area contributed by atoms with Gasteiger partial charge in [-0.2, -0.15) is 0 Å². The van der Waals surface area contributed by atoms with Crippen molar-refractivity contribution in [3.63, 3.8) is 0 Å². The number of hydrogen-bond donors (Lipinski definition) is 0. The highest BCUT2D eigenvalue weighted by atomic mass is 16.5. The third-order valence-electron chi connectivity index (χ3n) is 8.66. The second-order valence-electron chi connectivity index (χ2n) is 9.43. The summed E-state index contributed by atoms with van der Waals surface area (Å²) < 4.78 is 5.70. The minimum Gasteiger partial charge on any atom is -0.382 e. The van der Waals surface area contributed by atoms with Gasteiger partial charge in [-0.15, -0.1) is 0 Å². The smallest absolute Gasteiger partial charge is 0.0468 e. The first-order valence-corrected chi connectivity index (χ1v) is 10.5. The normalized spacial score (nSPS) is 46.9. The van der Waals surface area contributed by atoms with E-state index in [0.717, 1.165) is 36.9 Å². The molecule has 0 N–H and O–H groups in total. The zero-order valence-corrected chi connectivity index (χ0v) is 16.0. The van der Waals surface area contributed by atoms with E-state index in [2.05, 4.69) is 39.0 Å². The summed E-state index contributed by atoms with van der Waals surface area (Å²) in [5.41, 5.74) is 2.73. The van der Waals surface area contributed by atoms with Gasteiger partial charge in [0.05, 0.1) is 0 Å². The Morgan fingerprint density at radius 3 is 2.83 bits per heavy atom. The van der Waals surface area contributed by atoms with Gasteiger partial charge in [-0.3, -0.25) is 0 Å². The van der Waals surface area contributed by atoms with Gasteiger partial charge in [0.1, 0.15) is 0 Å². The largest absolute Gasteiger partial charge is 0.382 e. The molecule has 0 amide bonds. The lowest BCUT2D eigenvalue weighted by atomic mass is 9.48. The van der Waals surface area contributed by atoms with E-state index >= 15 is 0 Å². The molecule has 2 saturated carbocycles. The van der Waals surface area contributed by atoms with E-state index in [1.807, 2.05) is 0 Å². The number of hydrogen-bond acceptors (Lipinski definition) is 1. The SMILES string of the molecule is CCOCC[C@H]1CC[C@H]2[C@@H]3CC=C4C=CCC[C@]4(C)[C@H]3CC[C@]12C. The first kappa shape index (κ1) is 16.9. The second-order valence-corrected chi connectivity index (χ2v) is 9.43. The molecule has 24 heavy (non-hydrogen) atoms. The van der Waals surface area contributed by atoms with Crippen LogP contribution in [0.15, 0.2) is 23.8 Å². The van der Waals surface area contributed by atoms with E-state index in [4.69, 9.17) is 4.74 Å². The highest BCUT2D eigenvalue weighted by Gasteiger charge is 2.57. The average molecular weight is 329 g/mol. The van der Waals surface area contributed by atoms with Crippen molar-refractivity contribution >= 4 is 0 Å². The maximum atomic E-state index is 5.70. The van der Waals surface area contributed by atoms with Crippen LogP contribution < -0.4 is 0 Å². The molecule has 4 rings (SSSR count). The van der Waals surface area contributed by atoms with Gasteiger partial charge in [-0.05, 0) is 98.4 Å². The molecular formula is C23H36O. The average Bonchev–Trinajstić information content (AvgIpc) is 2.91. The van der Waals surface area contributed by atoms with Crippen LogP contribution in [0.1, 0.15) is 72.1 Å². The summed E-state index contributed by atoms with van der Waals surface area (Å²) in [7, 11) is 0. The third-order valence-corrected chi connectivity index (χ3v) is 8.66. The molecule has 0 aromatic carbocycles. The molecular weight excluding hydrogens is 292 g/mol. The number of fused-ring (bicyclic) bond motifs is 5. The molecule has 6 atom stereocenters. The van der Waals surface area contributed by atoms with Gasteiger partial charge in [0.15, 0.2) is 0 Å². The molecule has 0 bridgehead atoms. The van der Waals surface area contributed by atoms with Gasteiger partial charge in [-0.25, -0.2) is 0 Å². The highest BCUT2D eigenvalue weighted by molar-refractivity contribution is 5.34. The van der Waals surface area contributed by atoms with Gasteiger partial charge >= 0.3 is 0 Å². The van der Waals surface area contributed by atoms with Crippen molar-refractivity contribution in [2.45, 2.75) is 72.1 Å². The molecule has 4 aliphatic rings. The lowest BCUT2D eigenvalue weighted by Crippen LogP contribution is -2.49. The van der Waals surface area contributed by atoms with Crippen molar-refractivity contribution in [3.8, 4) is 0 Å². The summed E-state index contributed by atoms with van der Waals surface area (Å²) in [5, 5.41) is 0. The Labute approximate surface area is 148 Å². The molecule has 0 aliphatic heterocycles. The molecule has 1 nitrogen and oxygen atoms in total. The summed E-state index contributed by atoms with van der Waals surface area (Å²) >= 11 is 0.